The number of nitrogens with two attached hydrogens (primary N) is 1. The van der Waals surface area contributed by atoms with Gasteiger partial charge in [-0.25, -0.2) is 0 Å². The van der Waals surface area contributed by atoms with Crippen LogP contribution < -0.4 is 5.73 Å². The molecule has 0 aliphatic heterocycles. The molecule has 0 unspecified atom stereocenters. The van der Waals surface area contributed by atoms with E-state index in [1.54, 1.807) is 0 Å². The summed E-state index contributed by atoms with van der Waals surface area (Å²) in [5.41, 5.74) is 14.6. The minimum Gasteiger partial charge on any atom is -0.398 e. The third-order valence-corrected chi connectivity index (χ3v) is 6.08. The van der Waals surface area contributed by atoms with E-state index in [4.69, 9.17) is 5.73 Å². The first kappa shape index (κ1) is 18.0. The maximum absolute atomic E-state index is 6.51. The standard InChI is InChI=1S/C24H33N/c1-22(2,3)17-10-8-16(9-11-17)18-14-19-20(15-21(18)25)24(6,7)13-12-23(19,4)5/h8-11,14-15H,12-13,25H2,1-7H3. The van der Waals surface area contributed by atoms with Crippen molar-refractivity contribution in [3.05, 3.63) is 53.1 Å². The fourth-order valence-electron chi connectivity index (χ4n) is 4.03. The van der Waals surface area contributed by atoms with Crippen molar-refractivity contribution in [2.45, 2.75) is 77.6 Å². The van der Waals surface area contributed by atoms with Crippen LogP contribution in [-0.2, 0) is 16.2 Å². The molecule has 2 aromatic carbocycles. The predicted octanol–water partition coefficient (Wildman–Crippen LogP) is 6.58. The number of hydrogen-bond acceptors (Lipinski definition) is 1. The first-order chi connectivity index (χ1) is 11.4. The second-order valence-corrected chi connectivity index (χ2v) is 10.1. The van der Waals surface area contributed by atoms with Crippen molar-refractivity contribution in [2.24, 2.45) is 0 Å². The van der Waals surface area contributed by atoms with Gasteiger partial charge in [-0.1, -0.05) is 72.7 Å². The van der Waals surface area contributed by atoms with Crippen molar-refractivity contribution in [1.29, 1.82) is 0 Å². The first-order valence-corrected chi connectivity index (χ1v) is 9.47. The minimum atomic E-state index is 0.173. The Morgan fingerprint density at radius 1 is 0.800 bits per heavy atom. The first-order valence-electron chi connectivity index (χ1n) is 9.47. The van der Waals surface area contributed by atoms with Gasteiger partial charge in [0.25, 0.3) is 0 Å². The van der Waals surface area contributed by atoms with Gasteiger partial charge in [-0.15, -0.1) is 0 Å². The van der Waals surface area contributed by atoms with E-state index in [0.29, 0.717) is 0 Å². The Bertz CT molecular complexity index is 786. The Morgan fingerprint density at radius 2 is 1.28 bits per heavy atom. The number of hydrogen-bond donors (Lipinski definition) is 1. The molecule has 134 valence electrons. The molecule has 0 atom stereocenters. The van der Waals surface area contributed by atoms with Crippen LogP contribution in [0.5, 0.6) is 0 Å². The quantitative estimate of drug-likeness (QED) is 0.585. The van der Waals surface area contributed by atoms with Crippen molar-refractivity contribution in [3.63, 3.8) is 0 Å². The van der Waals surface area contributed by atoms with Crippen LogP contribution in [0.15, 0.2) is 36.4 Å². The molecule has 0 heterocycles. The molecule has 0 saturated carbocycles. The lowest BCUT2D eigenvalue weighted by atomic mass is 9.62. The van der Waals surface area contributed by atoms with Gasteiger partial charge in [-0.3, -0.25) is 0 Å². The summed E-state index contributed by atoms with van der Waals surface area (Å²) in [5, 5.41) is 0. The predicted molar refractivity (Wildman–Crippen MR) is 110 cm³/mol. The van der Waals surface area contributed by atoms with Crippen LogP contribution in [-0.4, -0.2) is 0 Å². The van der Waals surface area contributed by atoms with Gasteiger partial charge in [-0.05, 0) is 63.5 Å². The molecular weight excluding hydrogens is 302 g/mol. The third kappa shape index (κ3) is 3.21. The van der Waals surface area contributed by atoms with E-state index in [1.807, 2.05) is 0 Å². The zero-order valence-electron chi connectivity index (χ0n) is 17.0. The summed E-state index contributed by atoms with van der Waals surface area (Å²) in [5.74, 6) is 0. The fraction of sp³-hybridized carbons (Fsp3) is 0.500. The monoisotopic (exact) mass is 335 g/mol. The Hall–Kier alpha value is -1.76. The van der Waals surface area contributed by atoms with E-state index in [1.165, 1.54) is 40.7 Å². The average molecular weight is 336 g/mol. The Balaban J connectivity index is 2.13. The van der Waals surface area contributed by atoms with E-state index in [-0.39, 0.29) is 16.2 Å². The van der Waals surface area contributed by atoms with Crippen molar-refractivity contribution in [2.75, 3.05) is 5.73 Å². The molecule has 0 radical (unpaired) electrons. The third-order valence-electron chi connectivity index (χ3n) is 6.08. The largest absolute Gasteiger partial charge is 0.398 e. The van der Waals surface area contributed by atoms with Crippen LogP contribution >= 0.6 is 0 Å². The zero-order chi connectivity index (χ0) is 18.6. The highest BCUT2D eigenvalue weighted by Gasteiger charge is 2.37. The number of rotatable bonds is 1. The van der Waals surface area contributed by atoms with Crippen LogP contribution in [0, 0.1) is 0 Å². The molecule has 0 aromatic heterocycles. The maximum atomic E-state index is 6.51. The lowest BCUT2D eigenvalue weighted by Crippen LogP contribution is -2.34. The highest BCUT2D eigenvalue weighted by Crippen LogP contribution is 2.48. The van der Waals surface area contributed by atoms with Gasteiger partial charge in [0.15, 0.2) is 0 Å². The van der Waals surface area contributed by atoms with Crippen molar-refractivity contribution in [3.8, 4) is 11.1 Å². The van der Waals surface area contributed by atoms with Gasteiger partial charge in [0.1, 0.15) is 0 Å². The van der Waals surface area contributed by atoms with E-state index >= 15 is 0 Å². The second kappa shape index (κ2) is 5.62. The molecule has 0 fully saturated rings. The highest BCUT2D eigenvalue weighted by molar-refractivity contribution is 5.79. The topological polar surface area (TPSA) is 26.0 Å². The minimum absolute atomic E-state index is 0.173. The molecule has 0 saturated heterocycles. The van der Waals surface area contributed by atoms with Crippen LogP contribution in [0.2, 0.25) is 0 Å². The van der Waals surface area contributed by atoms with Crippen LogP contribution in [0.4, 0.5) is 5.69 Å². The van der Waals surface area contributed by atoms with E-state index < -0.39 is 0 Å². The Kier molecular flexibility index (Phi) is 4.06. The lowest BCUT2D eigenvalue weighted by molar-refractivity contribution is 0.332. The molecule has 1 nitrogen and oxygen atoms in total. The molecule has 2 N–H and O–H groups in total. The van der Waals surface area contributed by atoms with E-state index in [9.17, 15) is 0 Å². The van der Waals surface area contributed by atoms with Crippen molar-refractivity contribution < 1.29 is 0 Å². The van der Waals surface area contributed by atoms with Gasteiger partial charge >= 0.3 is 0 Å². The normalized spacial score (nSPS) is 18.7. The van der Waals surface area contributed by atoms with E-state index in [0.717, 1.165) is 5.69 Å². The molecule has 0 spiro atoms. The number of benzene rings is 2. The summed E-state index contributed by atoms with van der Waals surface area (Å²) in [6.45, 7) is 16.2. The van der Waals surface area contributed by atoms with Crippen LogP contribution in [0.25, 0.3) is 11.1 Å². The van der Waals surface area contributed by atoms with Crippen LogP contribution in [0.1, 0.15) is 78.0 Å². The van der Waals surface area contributed by atoms with Crippen molar-refractivity contribution in [1.82, 2.24) is 0 Å². The molecular formula is C24H33N. The zero-order valence-corrected chi connectivity index (χ0v) is 17.0. The van der Waals surface area contributed by atoms with Crippen molar-refractivity contribution >= 4 is 5.69 Å². The molecule has 1 heteroatoms. The Morgan fingerprint density at radius 3 is 1.76 bits per heavy atom. The molecule has 25 heavy (non-hydrogen) atoms. The maximum Gasteiger partial charge on any atom is 0.0396 e. The summed E-state index contributed by atoms with van der Waals surface area (Å²) in [7, 11) is 0. The highest BCUT2D eigenvalue weighted by atomic mass is 14.6. The van der Waals surface area contributed by atoms with Gasteiger partial charge in [0.05, 0.1) is 0 Å². The summed E-state index contributed by atoms with van der Waals surface area (Å²) >= 11 is 0. The molecule has 1 aliphatic carbocycles. The SMILES string of the molecule is CC(C)(C)c1ccc(-c2cc3c(cc2N)C(C)(C)CCC3(C)C)cc1. The summed E-state index contributed by atoms with van der Waals surface area (Å²) in [6, 6.07) is 13.5. The molecule has 0 amide bonds. The number of nitrogen functional groups attached to an aromatic ring is 1. The number of fused-ring (bicyclic) bond motifs is 1. The number of anilines is 1. The average Bonchev–Trinajstić information content (AvgIpc) is 2.51. The van der Waals surface area contributed by atoms with Gasteiger partial charge in [0.2, 0.25) is 0 Å². The fourth-order valence-corrected chi connectivity index (χ4v) is 4.03. The van der Waals surface area contributed by atoms with E-state index in [2.05, 4.69) is 84.9 Å². The second-order valence-electron chi connectivity index (χ2n) is 10.1. The van der Waals surface area contributed by atoms with Gasteiger partial charge in [-0.2, -0.15) is 0 Å². The molecule has 1 aliphatic rings. The lowest BCUT2D eigenvalue weighted by Gasteiger charge is -2.42. The summed E-state index contributed by atoms with van der Waals surface area (Å²) < 4.78 is 0. The smallest absolute Gasteiger partial charge is 0.0396 e. The summed E-state index contributed by atoms with van der Waals surface area (Å²) in [6.07, 6.45) is 2.44. The van der Waals surface area contributed by atoms with Gasteiger partial charge in [0, 0.05) is 11.3 Å². The summed E-state index contributed by atoms with van der Waals surface area (Å²) in [4.78, 5) is 0. The van der Waals surface area contributed by atoms with Crippen LogP contribution in [0.3, 0.4) is 0 Å². The molecule has 3 rings (SSSR count). The molecule has 2 aromatic rings. The Labute approximate surface area is 153 Å². The van der Waals surface area contributed by atoms with Gasteiger partial charge < -0.3 is 5.73 Å². The molecule has 0 bridgehead atoms.